The normalized spacial score (nSPS) is 10.9. The average molecular weight is 497 g/mol. The lowest BCUT2D eigenvalue weighted by atomic mass is 10.1. The maximum Gasteiger partial charge on any atom is 0.191 e. The molecule has 7 heteroatoms. The number of para-hydroxylation sites is 1. The molecule has 0 bridgehead atoms. The number of benzene rings is 1. The van der Waals surface area contributed by atoms with Gasteiger partial charge in [-0.25, -0.2) is 4.99 Å². The molecule has 0 saturated heterocycles. The molecule has 0 unspecified atom stereocenters. The Morgan fingerprint density at radius 2 is 2.04 bits per heavy atom. The van der Waals surface area contributed by atoms with Gasteiger partial charge in [0.05, 0.1) is 12.2 Å². The Balaban J connectivity index is 0.00000392. The van der Waals surface area contributed by atoms with Crippen LogP contribution in [0.4, 0.5) is 0 Å². The Morgan fingerprint density at radius 3 is 2.68 bits per heavy atom. The van der Waals surface area contributed by atoms with E-state index in [1.165, 1.54) is 11.3 Å². The van der Waals surface area contributed by atoms with E-state index < -0.39 is 0 Å². The number of rotatable bonds is 9. The van der Waals surface area contributed by atoms with Crippen LogP contribution in [0, 0.1) is 13.8 Å². The second-order valence-corrected chi connectivity index (χ2v) is 6.35. The molecule has 0 aliphatic heterocycles. The molecule has 0 aliphatic rings. The van der Waals surface area contributed by atoms with Gasteiger partial charge in [-0.1, -0.05) is 30.9 Å². The van der Waals surface area contributed by atoms with E-state index in [0.29, 0.717) is 13.2 Å². The van der Waals surface area contributed by atoms with Crippen molar-refractivity contribution in [3.8, 4) is 5.75 Å². The van der Waals surface area contributed by atoms with Crippen molar-refractivity contribution in [3.63, 3.8) is 0 Å². The Hall–Kier alpha value is -2.03. The van der Waals surface area contributed by atoms with Crippen LogP contribution in [0.2, 0.25) is 0 Å². The maximum atomic E-state index is 5.71. The summed E-state index contributed by atoms with van der Waals surface area (Å²) < 4.78 is 7.64. The number of hydrogen-bond acceptors (Lipinski definition) is 3. The van der Waals surface area contributed by atoms with Crippen molar-refractivity contribution < 1.29 is 4.74 Å². The van der Waals surface area contributed by atoms with Crippen LogP contribution in [0.15, 0.2) is 41.9 Å². The lowest BCUT2D eigenvalue weighted by molar-refractivity contribution is 0.359. The molecule has 28 heavy (non-hydrogen) atoms. The summed E-state index contributed by atoms with van der Waals surface area (Å²) in [5, 5.41) is 11.2. The maximum absolute atomic E-state index is 5.71. The van der Waals surface area contributed by atoms with Crippen LogP contribution >= 0.6 is 24.0 Å². The monoisotopic (exact) mass is 497 g/mol. The Kier molecular flexibility index (Phi) is 10.7. The van der Waals surface area contributed by atoms with E-state index in [4.69, 9.17) is 9.73 Å². The average Bonchev–Trinajstić information content (AvgIpc) is 2.91. The van der Waals surface area contributed by atoms with Gasteiger partial charge in [-0.2, -0.15) is 5.10 Å². The molecule has 2 aromatic rings. The molecule has 0 amide bonds. The zero-order chi connectivity index (χ0) is 19.6. The summed E-state index contributed by atoms with van der Waals surface area (Å²) in [6.07, 6.45) is 2.66. The van der Waals surface area contributed by atoms with Gasteiger partial charge in [0.25, 0.3) is 0 Å². The second-order valence-electron chi connectivity index (χ2n) is 6.35. The lowest BCUT2D eigenvalue weighted by Gasteiger charge is -2.13. The van der Waals surface area contributed by atoms with Crippen molar-refractivity contribution in [1.29, 1.82) is 0 Å². The van der Waals surface area contributed by atoms with Crippen LogP contribution in [-0.4, -0.2) is 35.4 Å². The van der Waals surface area contributed by atoms with Gasteiger partial charge in [0, 0.05) is 31.4 Å². The number of ether oxygens (including phenoxy) is 1. The largest absolute Gasteiger partial charge is 0.489 e. The molecule has 2 N–H and O–H groups in total. The number of hydrogen-bond donors (Lipinski definition) is 2. The third-order valence-corrected chi connectivity index (χ3v) is 4.41. The number of aryl methyl sites for hydroxylation is 2. The molecule has 0 saturated carbocycles. The molecule has 1 aromatic carbocycles. The van der Waals surface area contributed by atoms with Crippen LogP contribution in [0.5, 0.6) is 5.75 Å². The minimum atomic E-state index is 0. The smallest absolute Gasteiger partial charge is 0.191 e. The van der Waals surface area contributed by atoms with Gasteiger partial charge in [0.1, 0.15) is 12.4 Å². The fourth-order valence-electron chi connectivity index (χ4n) is 2.92. The summed E-state index contributed by atoms with van der Waals surface area (Å²) >= 11 is 0. The Morgan fingerprint density at radius 1 is 1.29 bits per heavy atom. The number of aliphatic imine (C=N–C) groups is 1. The molecule has 0 fully saturated rings. The summed E-state index contributed by atoms with van der Waals surface area (Å²) in [5.41, 5.74) is 4.65. The highest BCUT2D eigenvalue weighted by molar-refractivity contribution is 14.0. The van der Waals surface area contributed by atoms with Crippen molar-refractivity contribution in [3.05, 3.63) is 59.4 Å². The third-order valence-electron chi connectivity index (χ3n) is 4.41. The van der Waals surface area contributed by atoms with E-state index in [9.17, 15) is 0 Å². The van der Waals surface area contributed by atoms with Crippen LogP contribution in [0.25, 0.3) is 0 Å². The van der Waals surface area contributed by atoms with Gasteiger partial charge in [0.15, 0.2) is 5.96 Å². The first-order valence-electron chi connectivity index (χ1n) is 9.39. The number of nitrogens with zero attached hydrogens (tertiary/aromatic N) is 3. The number of halogens is 1. The first kappa shape index (κ1) is 24.0. The van der Waals surface area contributed by atoms with Gasteiger partial charge in [0.2, 0.25) is 0 Å². The molecule has 1 heterocycles. The molecule has 6 nitrogen and oxygen atoms in total. The number of nitrogens with one attached hydrogen (secondary N) is 2. The molecule has 154 valence electrons. The highest BCUT2D eigenvalue weighted by Crippen LogP contribution is 2.18. The summed E-state index contributed by atoms with van der Waals surface area (Å²) in [7, 11) is 1.98. The zero-order valence-corrected chi connectivity index (χ0v) is 19.6. The lowest BCUT2D eigenvalue weighted by Crippen LogP contribution is -2.38. The summed E-state index contributed by atoms with van der Waals surface area (Å²) in [5.74, 6) is 1.65. The molecule has 1 aromatic heterocycles. The summed E-state index contributed by atoms with van der Waals surface area (Å²) in [4.78, 5) is 4.70. The van der Waals surface area contributed by atoms with Crippen LogP contribution < -0.4 is 15.4 Å². The highest BCUT2D eigenvalue weighted by Gasteiger charge is 2.09. The van der Waals surface area contributed by atoms with Gasteiger partial charge < -0.3 is 15.4 Å². The predicted molar refractivity (Wildman–Crippen MR) is 127 cm³/mol. The van der Waals surface area contributed by atoms with Crippen molar-refractivity contribution in [2.75, 3.05) is 19.7 Å². The molecule has 0 radical (unpaired) electrons. The minimum absolute atomic E-state index is 0. The standard InChI is InChI=1S/C21H31N5O.HI/c1-6-14-27-20-11-9-8-10-18(20)15-24-21(22-7-2)23-13-12-19-16(3)25-26(5)17(19)4;/h6,8-11H,1,7,12-15H2,2-5H3,(H2,22,23,24);1H. The van der Waals surface area contributed by atoms with Crippen LogP contribution in [0.1, 0.15) is 29.4 Å². The molecule has 0 aliphatic carbocycles. The molecular weight excluding hydrogens is 465 g/mol. The van der Waals surface area contributed by atoms with Crippen LogP contribution in [-0.2, 0) is 20.0 Å². The zero-order valence-electron chi connectivity index (χ0n) is 17.3. The van der Waals surface area contributed by atoms with Crippen molar-refractivity contribution in [2.24, 2.45) is 12.0 Å². The Labute approximate surface area is 185 Å². The predicted octanol–water partition coefficient (Wildman–Crippen LogP) is 3.52. The van der Waals surface area contributed by atoms with Crippen molar-refractivity contribution in [1.82, 2.24) is 20.4 Å². The van der Waals surface area contributed by atoms with E-state index in [1.807, 2.05) is 36.0 Å². The van der Waals surface area contributed by atoms with Crippen LogP contribution in [0.3, 0.4) is 0 Å². The van der Waals surface area contributed by atoms with E-state index in [0.717, 1.165) is 42.5 Å². The number of aromatic nitrogens is 2. The van der Waals surface area contributed by atoms with Gasteiger partial charge in [-0.3, -0.25) is 4.68 Å². The third kappa shape index (κ3) is 6.85. The number of guanidine groups is 1. The van der Waals surface area contributed by atoms with E-state index >= 15 is 0 Å². The van der Waals surface area contributed by atoms with E-state index in [1.54, 1.807) is 6.08 Å². The summed E-state index contributed by atoms with van der Waals surface area (Å²) in [6.45, 7) is 12.6. The fourth-order valence-corrected chi connectivity index (χ4v) is 2.92. The molecular formula is C21H32IN5O. The summed E-state index contributed by atoms with van der Waals surface area (Å²) in [6, 6.07) is 7.96. The highest BCUT2D eigenvalue weighted by atomic mass is 127. The molecule has 0 atom stereocenters. The molecule has 2 rings (SSSR count). The quantitative estimate of drug-likeness (QED) is 0.241. The van der Waals surface area contributed by atoms with Gasteiger partial charge in [-0.05, 0) is 38.8 Å². The van der Waals surface area contributed by atoms with Gasteiger partial charge in [-0.15, -0.1) is 24.0 Å². The Bertz CT molecular complexity index is 785. The first-order chi connectivity index (χ1) is 13.1. The van der Waals surface area contributed by atoms with E-state index in [2.05, 4.69) is 43.1 Å². The fraction of sp³-hybridized carbons (Fsp3) is 0.429. The van der Waals surface area contributed by atoms with Crippen molar-refractivity contribution in [2.45, 2.75) is 33.7 Å². The van der Waals surface area contributed by atoms with Crippen molar-refractivity contribution >= 4 is 29.9 Å². The SMILES string of the molecule is C=CCOc1ccccc1CN=C(NCC)NCCc1c(C)nn(C)c1C.I. The first-order valence-corrected chi connectivity index (χ1v) is 9.39. The minimum Gasteiger partial charge on any atom is -0.489 e. The molecule has 0 spiro atoms. The van der Waals surface area contributed by atoms with Gasteiger partial charge >= 0.3 is 0 Å². The van der Waals surface area contributed by atoms with E-state index in [-0.39, 0.29) is 24.0 Å². The second kappa shape index (κ2) is 12.4. The topological polar surface area (TPSA) is 63.5 Å².